The van der Waals surface area contributed by atoms with E-state index in [1.807, 2.05) is 6.26 Å². The molecule has 0 saturated carbocycles. The number of hydrogen-bond acceptors (Lipinski definition) is 16. The normalized spacial score (nSPS) is 16.4. The van der Waals surface area contributed by atoms with Gasteiger partial charge in [-0.05, 0) is 83.1 Å². The second-order valence-corrected chi connectivity index (χ2v) is 19.1. The molecule has 19 N–H and O–H groups in total. The number of carboxylic acids is 1. The van der Waals surface area contributed by atoms with Crippen LogP contribution in [0.5, 0.6) is 0 Å². The van der Waals surface area contributed by atoms with Gasteiger partial charge in [-0.15, -0.1) is 0 Å². The Kier molecular flexibility index (Phi) is 30.2. The largest absolute Gasteiger partial charge is 0.480 e. The highest BCUT2D eigenvalue weighted by Crippen LogP contribution is 2.21. The summed E-state index contributed by atoms with van der Waals surface area (Å²) in [5, 5.41) is 29.4. The summed E-state index contributed by atoms with van der Waals surface area (Å²) >= 11 is 9.67. The molecular formula is C42H76N16O11S3. The van der Waals surface area contributed by atoms with Crippen molar-refractivity contribution in [1.82, 2.24) is 47.4 Å². The minimum atomic E-state index is -1.31. The minimum absolute atomic E-state index is 0.0259. The van der Waals surface area contributed by atoms with Gasteiger partial charge in [-0.25, -0.2) is 0 Å². The van der Waals surface area contributed by atoms with Gasteiger partial charge in [0.05, 0.1) is 12.6 Å². The monoisotopic (exact) mass is 1080 g/mol. The lowest BCUT2D eigenvalue weighted by atomic mass is 10.0. The van der Waals surface area contributed by atoms with Gasteiger partial charge in [0.2, 0.25) is 53.2 Å². The maximum atomic E-state index is 14.2. The van der Waals surface area contributed by atoms with E-state index in [2.05, 4.69) is 77.8 Å². The number of thiol groups is 2. The van der Waals surface area contributed by atoms with E-state index in [0.717, 1.165) is 0 Å². The molecule has 27 nitrogen and oxygen atoms in total. The van der Waals surface area contributed by atoms with Crippen LogP contribution in [0.2, 0.25) is 0 Å². The van der Waals surface area contributed by atoms with E-state index in [1.165, 1.54) is 30.5 Å². The highest BCUT2D eigenvalue weighted by molar-refractivity contribution is 7.98. The van der Waals surface area contributed by atoms with Crippen molar-refractivity contribution in [2.45, 2.75) is 133 Å². The Balaban J connectivity index is 3.40. The van der Waals surface area contributed by atoms with Gasteiger partial charge >= 0.3 is 5.97 Å². The van der Waals surface area contributed by atoms with Gasteiger partial charge in [-0.3, -0.25) is 57.9 Å². The molecule has 1 saturated heterocycles. The predicted octanol–water partition coefficient (Wildman–Crippen LogP) is -5.30. The molecule has 9 atom stereocenters. The third-order valence-corrected chi connectivity index (χ3v) is 12.2. The zero-order valence-corrected chi connectivity index (χ0v) is 44.0. The van der Waals surface area contributed by atoms with Crippen molar-refractivity contribution in [2.24, 2.45) is 44.6 Å². The van der Waals surface area contributed by atoms with Crippen molar-refractivity contribution in [3.05, 3.63) is 0 Å². The Morgan fingerprint density at radius 3 is 1.65 bits per heavy atom. The number of likely N-dealkylation sites (tertiary alicyclic amines) is 1. The second-order valence-electron chi connectivity index (χ2n) is 17.4. The quantitative estimate of drug-likeness (QED) is 0.0126. The topological polar surface area (TPSA) is 445 Å². The molecule has 0 bridgehead atoms. The van der Waals surface area contributed by atoms with Gasteiger partial charge in [0.25, 0.3) is 0 Å². The Morgan fingerprint density at radius 1 is 0.653 bits per heavy atom. The van der Waals surface area contributed by atoms with Crippen LogP contribution in [0.3, 0.4) is 0 Å². The number of carbonyl (C=O) groups excluding carboxylic acids is 9. The van der Waals surface area contributed by atoms with Crippen LogP contribution in [0.15, 0.2) is 9.98 Å². The molecule has 30 heteroatoms. The van der Waals surface area contributed by atoms with Gasteiger partial charge in [0.15, 0.2) is 11.9 Å². The molecule has 0 spiro atoms. The van der Waals surface area contributed by atoms with E-state index < -0.39 is 120 Å². The summed E-state index contributed by atoms with van der Waals surface area (Å²) in [6, 6.07) is -10.6. The number of carboxylic acid groups (broad SMARTS) is 1. The van der Waals surface area contributed by atoms with Crippen LogP contribution in [-0.2, 0) is 47.9 Å². The van der Waals surface area contributed by atoms with E-state index in [9.17, 15) is 47.9 Å². The number of hydrogen-bond donors (Lipinski definition) is 16. The fourth-order valence-corrected chi connectivity index (χ4v) is 7.92. The highest BCUT2D eigenvalue weighted by atomic mass is 32.2. The van der Waals surface area contributed by atoms with Crippen LogP contribution in [0, 0.1) is 5.92 Å². The number of nitrogens with two attached hydrogens (primary N) is 5. The summed E-state index contributed by atoms with van der Waals surface area (Å²) in [5.41, 5.74) is 27.6. The van der Waals surface area contributed by atoms with Crippen LogP contribution < -0.4 is 71.2 Å². The fraction of sp³-hybridized carbons (Fsp3) is 0.714. The minimum Gasteiger partial charge on any atom is -0.480 e. The molecule has 0 aromatic rings. The molecule has 0 aliphatic carbocycles. The number of thioether (sulfide) groups is 1. The summed E-state index contributed by atoms with van der Waals surface area (Å²) < 4.78 is 0. The SMILES string of the molecule is CSCC[C@H](NC(=O)[C@H](CS)NC(=O)[C@H](C)N)C(=O)N1CCC[C@H]1C(=O)N[C@@H](CCCN=C(N)N)C(=O)N[C@@H](CC(C)C)C(=O)N[C@@H](CCCN=C(N)N)C(=O)NCC(=O)N[C@@H](CS)C(=O)N[C@@H](C)C(=O)O. The third-order valence-electron chi connectivity index (χ3n) is 10.8. The summed E-state index contributed by atoms with van der Waals surface area (Å²) in [4.78, 5) is 142. The van der Waals surface area contributed by atoms with E-state index in [-0.39, 0.29) is 93.9 Å². The number of carbonyl (C=O) groups is 10. The first-order valence-electron chi connectivity index (χ1n) is 23.4. The van der Waals surface area contributed by atoms with Crippen LogP contribution in [0.25, 0.3) is 0 Å². The molecule has 1 rings (SSSR count). The number of aliphatic carboxylic acids is 1. The van der Waals surface area contributed by atoms with Crippen molar-refractivity contribution >= 4 is 108 Å². The van der Waals surface area contributed by atoms with Crippen molar-refractivity contribution in [2.75, 3.05) is 49.7 Å². The maximum Gasteiger partial charge on any atom is 0.325 e. The molecule has 9 amide bonds. The van der Waals surface area contributed by atoms with Crippen LogP contribution in [0.1, 0.15) is 79.1 Å². The first-order chi connectivity index (χ1) is 33.9. The molecule has 408 valence electrons. The number of guanidine groups is 2. The van der Waals surface area contributed by atoms with Crippen LogP contribution in [-0.4, -0.2) is 185 Å². The Hall–Kier alpha value is -5.75. The Labute approximate surface area is 434 Å². The van der Waals surface area contributed by atoms with Crippen molar-refractivity contribution in [1.29, 1.82) is 0 Å². The van der Waals surface area contributed by atoms with Gasteiger partial charge in [0.1, 0.15) is 48.3 Å². The molecule has 1 heterocycles. The number of amides is 9. The Morgan fingerprint density at radius 2 is 1.14 bits per heavy atom. The van der Waals surface area contributed by atoms with E-state index >= 15 is 0 Å². The summed E-state index contributed by atoms with van der Waals surface area (Å²) in [6.07, 6.45) is 2.99. The van der Waals surface area contributed by atoms with Crippen LogP contribution in [0.4, 0.5) is 0 Å². The first kappa shape index (κ1) is 64.3. The van der Waals surface area contributed by atoms with Crippen LogP contribution >= 0.6 is 37.0 Å². The predicted molar refractivity (Wildman–Crippen MR) is 278 cm³/mol. The molecule has 0 radical (unpaired) electrons. The second kappa shape index (κ2) is 33.8. The van der Waals surface area contributed by atoms with E-state index in [1.54, 1.807) is 13.8 Å². The molecule has 1 fully saturated rings. The number of nitrogens with one attached hydrogen (secondary N) is 8. The molecule has 0 aromatic carbocycles. The zero-order valence-electron chi connectivity index (χ0n) is 41.4. The molecule has 72 heavy (non-hydrogen) atoms. The van der Waals surface area contributed by atoms with Gasteiger partial charge in [0, 0.05) is 31.1 Å². The lowest BCUT2D eigenvalue weighted by Gasteiger charge is -2.31. The van der Waals surface area contributed by atoms with Crippen molar-refractivity contribution in [3.63, 3.8) is 0 Å². The highest BCUT2D eigenvalue weighted by Gasteiger charge is 2.40. The number of rotatable bonds is 33. The zero-order chi connectivity index (χ0) is 54.7. The van der Waals surface area contributed by atoms with Gasteiger partial charge in [-0.2, -0.15) is 37.0 Å². The van der Waals surface area contributed by atoms with Crippen molar-refractivity contribution in [3.8, 4) is 0 Å². The molecule has 1 aliphatic heterocycles. The van der Waals surface area contributed by atoms with Gasteiger partial charge < -0.3 is 81.2 Å². The maximum absolute atomic E-state index is 14.2. The molecule has 0 aromatic heterocycles. The lowest BCUT2D eigenvalue weighted by Crippen LogP contribution is -2.60. The average Bonchev–Trinajstić information content (AvgIpc) is 3.81. The number of aliphatic imine (C=N–C) groups is 2. The summed E-state index contributed by atoms with van der Waals surface area (Å²) in [5.74, 6) is -8.33. The molecular weight excluding hydrogens is 1000 g/mol. The van der Waals surface area contributed by atoms with E-state index in [4.69, 9.17) is 33.8 Å². The fourth-order valence-electron chi connectivity index (χ4n) is 6.93. The molecule has 1 aliphatic rings. The standard InChI is InChI=1S/C42H76N16O11S3/c1-21(2)17-27(35(63)53-24(9-6-13-48-41(44)45)33(61)50-18-31(59)52-28(19-70)36(64)51-23(4)40(68)69)56-34(62)25(10-7-14-49-42(46)47)54-38(66)30-11-8-15-58(30)39(67)26(12-16-72-5)55-37(65)29(20-71)57-32(60)22(3)43/h21-30,70-71H,6-20,43H2,1-5H3,(H,50,61)(H,51,64)(H,52,59)(H,53,63)(H,54,66)(H,55,65)(H,56,62)(H,57,60)(H,68,69)(H4,44,45,48)(H4,46,47,49)/t22-,23-,24-,25-,26-,27-,28-,29-,30-/m0/s1. The van der Waals surface area contributed by atoms with Crippen molar-refractivity contribution < 1.29 is 53.1 Å². The summed E-state index contributed by atoms with van der Waals surface area (Å²) in [6.45, 7) is 5.87. The third kappa shape index (κ3) is 24.1. The number of nitrogens with zero attached hydrogens (tertiary/aromatic N) is 3. The summed E-state index contributed by atoms with van der Waals surface area (Å²) in [7, 11) is 0. The first-order valence-corrected chi connectivity index (χ1v) is 26.0. The van der Waals surface area contributed by atoms with E-state index in [0.29, 0.717) is 12.2 Å². The lowest BCUT2D eigenvalue weighted by molar-refractivity contribution is -0.142. The average molecular weight is 1080 g/mol. The van der Waals surface area contributed by atoms with Gasteiger partial charge in [-0.1, -0.05) is 13.8 Å². The molecule has 0 unspecified atom stereocenters. The smallest absolute Gasteiger partial charge is 0.325 e. The Bertz CT molecular complexity index is 1920.